The second-order valence-corrected chi connectivity index (χ2v) is 6.30. The molecule has 3 nitrogen and oxygen atoms in total. The number of hydrogen-bond donors (Lipinski definition) is 0. The number of halogens is 1. The Kier molecular flexibility index (Phi) is 4.63. The van der Waals surface area contributed by atoms with Gasteiger partial charge in [0.25, 0.3) is 5.91 Å². The predicted molar refractivity (Wildman–Crippen MR) is 81.5 cm³/mol. The summed E-state index contributed by atoms with van der Waals surface area (Å²) in [4.78, 5) is 16.6. The fraction of sp³-hybridized carbons (Fsp3) is 0.533. The van der Waals surface area contributed by atoms with Crippen LogP contribution in [0.15, 0.2) is 22.7 Å². The Balaban J connectivity index is 2.06. The normalized spacial score (nSPS) is 19.7. The molecule has 0 N–H and O–H groups in total. The first-order valence-corrected chi connectivity index (χ1v) is 7.50. The first-order valence-electron chi connectivity index (χ1n) is 6.71. The highest BCUT2D eigenvalue weighted by Gasteiger charge is 2.24. The van der Waals surface area contributed by atoms with Crippen LogP contribution in [0, 0.1) is 6.92 Å². The van der Waals surface area contributed by atoms with E-state index < -0.39 is 0 Å². The van der Waals surface area contributed by atoms with Crippen LogP contribution in [0.3, 0.4) is 0 Å². The summed E-state index contributed by atoms with van der Waals surface area (Å²) in [6.07, 6.45) is 2.42. The molecule has 1 aliphatic heterocycles. The number of amides is 1. The number of carbonyl (C=O) groups is 1. The Hall–Kier alpha value is -0.870. The van der Waals surface area contributed by atoms with Crippen molar-refractivity contribution in [3.63, 3.8) is 0 Å². The summed E-state index contributed by atoms with van der Waals surface area (Å²) in [7, 11) is 4.03. The zero-order chi connectivity index (χ0) is 14.0. The van der Waals surface area contributed by atoms with Gasteiger partial charge in [-0.25, -0.2) is 0 Å². The largest absolute Gasteiger partial charge is 0.340 e. The minimum Gasteiger partial charge on any atom is -0.340 e. The van der Waals surface area contributed by atoms with Crippen LogP contribution in [0.25, 0.3) is 0 Å². The minimum atomic E-state index is 0.0900. The summed E-state index contributed by atoms with van der Waals surface area (Å²) < 4.78 is 0.879. The number of likely N-dealkylation sites (N-methyl/N-ethyl adjacent to an activating group) is 2. The molecule has 1 aliphatic rings. The van der Waals surface area contributed by atoms with Crippen LogP contribution in [0.4, 0.5) is 0 Å². The van der Waals surface area contributed by atoms with Crippen molar-refractivity contribution in [1.29, 1.82) is 0 Å². The van der Waals surface area contributed by atoms with Crippen molar-refractivity contribution in [3.8, 4) is 0 Å². The molecule has 1 amide bonds. The minimum absolute atomic E-state index is 0.0900. The van der Waals surface area contributed by atoms with Gasteiger partial charge in [-0.1, -0.05) is 6.07 Å². The molecule has 1 aromatic rings. The highest BCUT2D eigenvalue weighted by Crippen LogP contribution is 2.21. The van der Waals surface area contributed by atoms with E-state index in [9.17, 15) is 4.79 Å². The second-order valence-electron chi connectivity index (χ2n) is 5.45. The molecule has 19 heavy (non-hydrogen) atoms. The van der Waals surface area contributed by atoms with Crippen LogP contribution >= 0.6 is 15.9 Å². The van der Waals surface area contributed by atoms with Gasteiger partial charge in [-0.3, -0.25) is 4.79 Å². The number of carbonyl (C=O) groups excluding carboxylic acids is 1. The van der Waals surface area contributed by atoms with E-state index in [1.54, 1.807) is 0 Å². The second kappa shape index (κ2) is 6.06. The lowest BCUT2D eigenvalue weighted by molar-refractivity contribution is 0.0760. The lowest BCUT2D eigenvalue weighted by atomic mass is 10.1. The molecule has 104 valence electrons. The van der Waals surface area contributed by atoms with Crippen molar-refractivity contribution in [1.82, 2.24) is 9.80 Å². The van der Waals surface area contributed by atoms with E-state index >= 15 is 0 Å². The van der Waals surface area contributed by atoms with Gasteiger partial charge in [0.15, 0.2) is 0 Å². The first kappa shape index (κ1) is 14.5. The smallest absolute Gasteiger partial charge is 0.254 e. The quantitative estimate of drug-likeness (QED) is 0.853. The third-order valence-corrected chi connectivity index (χ3v) is 4.51. The number of benzene rings is 1. The van der Waals surface area contributed by atoms with Crippen LogP contribution in [0.5, 0.6) is 0 Å². The van der Waals surface area contributed by atoms with E-state index in [0.29, 0.717) is 6.04 Å². The van der Waals surface area contributed by atoms with E-state index in [-0.39, 0.29) is 5.91 Å². The molecule has 1 atom stereocenters. The topological polar surface area (TPSA) is 23.6 Å². The molecule has 1 unspecified atom stereocenters. The summed E-state index contributed by atoms with van der Waals surface area (Å²) in [6, 6.07) is 6.37. The van der Waals surface area contributed by atoms with Crippen LogP contribution in [-0.4, -0.2) is 48.9 Å². The van der Waals surface area contributed by atoms with Crippen LogP contribution < -0.4 is 0 Å². The van der Waals surface area contributed by atoms with Gasteiger partial charge in [-0.15, -0.1) is 0 Å². The van der Waals surface area contributed by atoms with Gasteiger partial charge in [0, 0.05) is 24.1 Å². The zero-order valence-electron chi connectivity index (χ0n) is 11.8. The Bertz CT molecular complexity index is 475. The molecule has 0 saturated carbocycles. The molecule has 0 spiro atoms. The number of hydrogen-bond acceptors (Lipinski definition) is 2. The maximum absolute atomic E-state index is 12.4. The van der Waals surface area contributed by atoms with Crippen LogP contribution in [-0.2, 0) is 0 Å². The Morgan fingerprint density at radius 2 is 2.26 bits per heavy atom. The van der Waals surface area contributed by atoms with Crippen molar-refractivity contribution in [2.24, 2.45) is 0 Å². The third-order valence-electron chi connectivity index (χ3n) is 3.86. The molecule has 1 saturated heterocycles. The fourth-order valence-corrected chi connectivity index (χ4v) is 3.27. The highest BCUT2D eigenvalue weighted by atomic mass is 79.9. The van der Waals surface area contributed by atoms with Crippen LogP contribution in [0.2, 0.25) is 0 Å². The Labute approximate surface area is 123 Å². The van der Waals surface area contributed by atoms with Crippen molar-refractivity contribution in [2.75, 3.05) is 27.2 Å². The third kappa shape index (κ3) is 3.37. The average Bonchev–Trinajstić information content (AvgIpc) is 2.74. The number of likely N-dealkylation sites (tertiary alicyclic amines) is 1. The van der Waals surface area contributed by atoms with Gasteiger partial charge >= 0.3 is 0 Å². The van der Waals surface area contributed by atoms with Crippen molar-refractivity contribution >= 4 is 21.8 Å². The standard InChI is InChI=1S/C15H21BrN2O/c1-11-6-7-13(14(16)9-11)15(19)18(3)10-12-5-4-8-17(12)2/h6-7,9,12H,4-5,8,10H2,1-3H3. The molecule has 1 heterocycles. The number of aryl methyl sites for hydroxylation is 1. The summed E-state index contributed by atoms with van der Waals surface area (Å²) in [5, 5.41) is 0. The number of rotatable bonds is 3. The van der Waals surface area contributed by atoms with Gasteiger partial charge in [-0.05, 0) is 67.0 Å². The van der Waals surface area contributed by atoms with Gasteiger partial charge in [0.2, 0.25) is 0 Å². The first-order chi connectivity index (χ1) is 8.99. The maximum atomic E-state index is 12.4. The highest BCUT2D eigenvalue weighted by molar-refractivity contribution is 9.10. The molecule has 0 aromatic heterocycles. The predicted octanol–water partition coefficient (Wildman–Crippen LogP) is 2.92. The van der Waals surface area contributed by atoms with Crippen molar-refractivity contribution in [3.05, 3.63) is 33.8 Å². The van der Waals surface area contributed by atoms with Gasteiger partial charge in [0.05, 0.1) is 5.56 Å². The molecule has 0 bridgehead atoms. The van der Waals surface area contributed by atoms with Gasteiger partial charge in [0.1, 0.15) is 0 Å². The molecule has 0 radical (unpaired) electrons. The lowest BCUT2D eigenvalue weighted by Gasteiger charge is -2.26. The molecular formula is C15H21BrN2O. The fourth-order valence-electron chi connectivity index (χ4n) is 2.61. The summed E-state index contributed by atoms with van der Waals surface area (Å²) in [5.41, 5.74) is 1.90. The van der Waals surface area contributed by atoms with E-state index in [4.69, 9.17) is 0 Å². The summed E-state index contributed by atoms with van der Waals surface area (Å²) >= 11 is 3.48. The zero-order valence-corrected chi connectivity index (χ0v) is 13.4. The molecule has 2 rings (SSSR count). The molecule has 1 fully saturated rings. The molecule has 4 heteroatoms. The number of nitrogens with zero attached hydrogens (tertiary/aromatic N) is 2. The van der Waals surface area contributed by atoms with E-state index in [1.165, 1.54) is 12.8 Å². The molecule has 0 aliphatic carbocycles. The molecule has 1 aromatic carbocycles. The van der Waals surface area contributed by atoms with Gasteiger partial charge in [-0.2, -0.15) is 0 Å². The average molecular weight is 325 g/mol. The van der Waals surface area contributed by atoms with E-state index in [2.05, 4.69) is 27.9 Å². The van der Waals surface area contributed by atoms with Crippen molar-refractivity contribution in [2.45, 2.75) is 25.8 Å². The van der Waals surface area contributed by atoms with Crippen molar-refractivity contribution < 1.29 is 4.79 Å². The van der Waals surface area contributed by atoms with E-state index in [1.807, 2.05) is 37.1 Å². The Morgan fingerprint density at radius 3 is 2.84 bits per heavy atom. The van der Waals surface area contributed by atoms with Gasteiger partial charge < -0.3 is 9.80 Å². The molecular weight excluding hydrogens is 304 g/mol. The monoisotopic (exact) mass is 324 g/mol. The summed E-state index contributed by atoms with van der Waals surface area (Å²) in [5.74, 6) is 0.0900. The Morgan fingerprint density at radius 1 is 1.53 bits per heavy atom. The van der Waals surface area contributed by atoms with Crippen LogP contribution in [0.1, 0.15) is 28.8 Å². The lowest BCUT2D eigenvalue weighted by Crippen LogP contribution is -2.39. The van der Waals surface area contributed by atoms with E-state index in [0.717, 1.165) is 28.7 Å². The SMILES string of the molecule is Cc1ccc(C(=O)N(C)CC2CCCN2C)c(Br)c1. The maximum Gasteiger partial charge on any atom is 0.254 e. The summed E-state index contributed by atoms with van der Waals surface area (Å²) in [6.45, 7) is 3.97.